The van der Waals surface area contributed by atoms with Gasteiger partial charge in [-0.1, -0.05) is 59.8 Å². The number of hydrogen-bond acceptors (Lipinski definition) is 14. The molecule has 328 valence electrons. The van der Waals surface area contributed by atoms with E-state index in [1.54, 1.807) is 37.5 Å². The first-order valence-electron chi connectivity index (χ1n) is 19.7. The molecule has 2 aliphatic rings. The molecule has 2 aromatic carbocycles. The summed E-state index contributed by atoms with van der Waals surface area (Å²) in [6, 6.07) is 12.4. The van der Waals surface area contributed by atoms with Gasteiger partial charge in [0.25, 0.3) is 18.7 Å². The van der Waals surface area contributed by atoms with E-state index in [0.29, 0.717) is 60.1 Å². The highest BCUT2D eigenvalue weighted by atomic mass is 32.2. The maximum absolute atomic E-state index is 13.2. The van der Waals surface area contributed by atoms with Crippen LogP contribution in [0.5, 0.6) is 0 Å². The Labute approximate surface area is 367 Å². The Morgan fingerprint density at radius 1 is 0.967 bits per heavy atom. The average molecular weight is 887 g/mol. The van der Waals surface area contributed by atoms with Crippen molar-refractivity contribution in [2.45, 2.75) is 71.6 Å². The van der Waals surface area contributed by atoms with Crippen LogP contribution in [-0.2, 0) is 29.5 Å². The maximum Gasteiger partial charge on any atom is 0.363 e. The number of fused-ring (bicyclic) bond motifs is 1. The van der Waals surface area contributed by atoms with Crippen molar-refractivity contribution >= 4 is 72.2 Å². The van der Waals surface area contributed by atoms with E-state index in [1.807, 2.05) is 75.5 Å². The second kappa shape index (κ2) is 26.2. The van der Waals surface area contributed by atoms with Crippen molar-refractivity contribution in [1.82, 2.24) is 10.1 Å². The third kappa shape index (κ3) is 12.9. The summed E-state index contributed by atoms with van der Waals surface area (Å²) in [4.78, 5) is 65.7. The normalized spacial score (nSPS) is 18.0. The van der Waals surface area contributed by atoms with E-state index < -0.39 is 16.8 Å². The lowest BCUT2D eigenvalue weighted by Crippen LogP contribution is -2.78. The molecule has 2 aromatic rings. The molecule has 1 atom stereocenters. The Kier molecular flexibility index (Phi) is 22.7. The third-order valence-electron chi connectivity index (χ3n) is 9.83. The van der Waals surface area contributed by atoms with Crippen LogP contribution >= 0.6 is 36.1 Å². The van der Waals surface area contributed by atoms with Gasteiger partial charge in [-0.25, -0.2) is 9.86 Å². The molecule has 4 rings (SSSR count). The lowest BCUT2D eigenvalue weighted by molar-refractivity contribution is -0.588. The number of carbonyl (C=O) groups excluding carboxylic acids is 4. The molecule has 60 heavy (non-hydrogen) atoms. The summed E-state index contributed by atoms with van der Waals surface area (Å²) in [6.07, 6.45) is 11.2. The van der Waals surface area contributed by atoms with Crippen LogP contribution in [0.15, 0.2) is 99.7 Å². The fourth-order valence-corrected chi connectivity index (χ4v) is 7.40. The zero-order valence-corrected chi connectivity index (χ0v) is 38.4. The molecule has 0 saturated carbocycles. The number of rotatable bonds is 20. The minimum atomic E-state index is -0.880. The van der Waals surface area contributed by atoms with E-state index in [0.717, 1.165) is 64.3 Å². The van der Waals surface area contributed by atoms with Crippen LogP contribution in [-0.4, -0.2) is 99.5 Å². The van der Waals surface area contributed by atoms with Crippen LogP contribution < -0.4 is 10.2 Å². The SMILES string of the molecule is CC.CC.CON(C)C(=O)C(/C=C1\CN=C(/C=C/C=C2/N(CCCSO)c3ccc(SO)cc3C2(C)c2ccc(C(=O)ON(C=O)C=O)cc2)C1(C)C)=C/[NH2+]CCCSO. The van der Waals surface area contributed by atoms with Crippen LogP contribution in [0.1, 0.15) is 82.8 Å². The van der Waals surface area contributed by atoms with Gasteiger partial charge in [-0.05, 0) is 103 Å². The number of aliphatic imine (C=N–C) groups is 1. The van der Waals surface area contributed by atoms with E-state index in [9.17, 15) is 28.3 Å². The highest BCUT2D eigenvalue weighted by molar-refractivity contribution is 7.94. The van der Waals surface area contributed by atoms with Gasteiger partial charge in [0.2, 0.25) is 0 Å². The first kappa shape index (κ1) is 51.9. The van der Waals surface area contributed by atoms with Crippen molar-refractivity contribution in [2.24, 2.45) is 10.4 Å². The number of amides is 3. The van der Waals surface area contributed by atoms with Gasteiger partial charge in [0, 0.05) is 71.0 Å². The number of nitrogens with zero attached hydrogens (tertiary/aromatic N) is 4. The van der Waals surface area contributed by atoms with Gasteiger partial charge in [0.05, 0.1) is 36.8 Å². The maximum atomic E-state index is 13.2. The number of anilines is 1. The van der Waals surface area contributed by atoms with Gasteiger partial charge in [-0.2, -0.15) is 0 Å². The largest absolute Gasteiger partial charge is 0.363 e. The molecule has 0 radical (unpaired) electrons. The number of hydrogen-bond donors (Lipinski definition) is 4. The number of hydroxylamine groups is 4. The third-order valence-corrected chi connectivity index (χ3v) is 11.2. The number of benzene rings is 2. The van der Waals surface area contributed by atoms with Crippen LogP contribution in [0.25, 0.3) is 0 Å². The summed E-state index contributed by atoms with van der Waals surface area (Å²) >= 11 is 2.21. The summed E-state index contributed by atoms with van der Waals surface area (Å²) in [5.41, 5.74) is 4.59. The highest BCUT2D eigenvalue weighted by Crippen LogP contribution is 2.52. The van der Waals surface area contributed by atoms with Crippen LogP contribution in [0, 0.1) is 5.41 Å². The Bertz CT molecular complexity index is 1890. The molecule has 1 unspecified atom stereocenters. The van der Waals surface area contributed by atoms with Crippen molar-refractivity contribution in [2.75, 3.05) is 50.2 Å². The van der Waals surface area contributed by atoms with Crippen molar-refractivity contribution in [3.63, 3.8) is 0 Å². The molecular weight excluding hydrogens is 827 g/mol. The molecule has 5 N–H and O–H groups in total. The van der Waals surface area contributed by atoms with E-state index in [-0.39, 0.29) is 29.4 Å². The van der Waals surface area contributed by atoms with Crippen molar-refractivity contribution in [1.29, 1.82) is 0 Å². The Hall–Kier alpha value is -4.20. The standard InChI is InChI=1S/C39H47N5O9S3.2C2H6/c1-38(2)30(21-28(36(47)42(4)52-5)23-40-17-7-19-54-49)24-41-34(38)9-6-10-35-39(3,29-13-11-27(12-14-29)37(48)53-43(25-45)26-46)32-22-31(56-51)15-16-33(32)44(35)18-8-20-55-50;2*1-2/h6,9-16,21-23,25-26,40,49-51H,7-8,17-20,24H2,1-5H3;2*1-2H3/p+1/b9-6+,28-23+,30-21+,35-10+;;. The molecular formula is C43H60N5O9S3+. The summed E-state index contributed by atoms with van der Waals surface area (Å²) in [6.45, 7) is 15.9. The average Bonchev–Trinajstić information content (AvgIpc) is 3.69. The Balaban J connectivity index is 0.00000301. The lowest BCUT2D eigenvalue weighted by atomic mass is 9.75. The molecule has 3 amide bonds. The fraction of sp³-hybridized carbons (Fsp3) is 0.419. The monoisotopic (exact) mass is 886 g/mol. The molecule has 17 heteroatoms. The second-order valence-corrected chi connectivity index (χ2v) is 15.5. The zero-order chi connectivity index (χ0) is 44.9. The van der Waals surface area contributed by atoms with Gasteiger partial charge < -0.3 is 28.7 Å². The number of nitrogens with two attached hydrogens (primary N) is 1. The van der Waals surface area contributed by atoms with E-state index in [4.69, 9.17) is 19.2 Å². The first-order chi connectivity index (χ1) is 28.9. The smallest absolute Gasteiger partial charge is 0.344 e. The van der Waals surface area contributed by atoms with Gasteiger partial charge in [-0.3, -0.25) is 24.2 Å². The molecule has 0 saturated heterocycles. The Morgan fingerprint density at radius 3 is 2.22 bits per heavy atom. The molecule has 0 aliphatic carbocycles. The molecule has 0 bridgehead atoms. The predicted octanol–water partition coefficient (Wildman–Crippen LogP) is 7.62. The minimum absolute atomic E-state index is 0.0928. The molecule has 0 fully saturated rings. The number of quaternary nitrogens is 1. The predicted molar refractivity (Wildman–Crippen MR) is 243 cm³/mol. The van der Waals surface area contributed by atoms with E-state index in [2.05, 4.69) is 25.7 Å². The number of allylic oxidation sites excluding steroid dienone is 4. The van der Waals surface area contributed by atoms with Gasteiger partial charge in [-0.15, -0.1) is 5.06 Å². The van der Waals surface area contributed by atoms with E-state index in [1.165, 1.54) is 12.2 Å². The molecule has 0 aromatic heterocycles. The van der Waals surface area contributed by atoms with Gasteiger partial charge in [0.1, 0.15) is 6.20 Å². The first-order valence-corrected chi connectivity index (χ1v) is 22.3. The topological polar surface area (TPSA) is 186 Å². The molecule has 14 nitrogen and oxygen atoms in total. The van der Waals surface area contributed by atoms with Crippen LogP contribution in [0.2, 0.25) is 0 Å². The quantitative estimate of drug-likeness (QED) is 0.0335. The fourth-order valence-electron chi connectivity index (χ4n) is 6.55. The summed E-state index contributed by atoms with van der Waals surface area (Å²) in [5.74, 6) is -0.0604. The van der Waals surface area contributed by atoms with Crippen molar-refractivity contribution in [3.8, 4) is 0 Å². The van der Waals surface area contributed by atoms with Crippen molar-refractivity contribution < 1.29 is 47.8 Å². The summed E-state index contributed by atoms with van der Waals surface area (Å²) in [5, 5.41) is 3.34. The Morgan fingerprint density at radius 2 is 1.62 bits per heavy atom. The van der Waals surface area contributed by atoms with Crippen molar-refractivity contribution in [3.05, 3.63) is 107 Å². The molecule has 2 heterocycles. The summed E-state index contributed by atoms with van der Waals surface area (Å²) in [7, 11) is 2.99. The number of carbonyl (C=O) groups is 4. The minimum Gasteiger partial charge on any atom is -0.344 e. The second-order valence-electron chi connectivity index (χ2n) is 13.5. The number of likely N-dealkylation sites (N-methyl/N-ethyl adjacent to an activating group) is 1. The molecule has 2 aliphatic heterocycles. The molecule has 0 spiro atoms. The zero-order valence-electron chi connectivity index (χ0n) is 35.9. The van der Waals surface area contributed by atoms with Crippen LogP contribution in [0.3, 0.4) is 0 Å². The lowest BCUT2D eigenvalue weighted by Gasteiger charge is -2.31. The van der Waals surface area contributed by atoms with E-state index >= 15 is 0 Å². The number of imide groups is 1. The summed E-state index contributed by atoms with van der Waals surface area (Å²) < 4.78 is 28.6. The van der Waals surface area contributed by atoms with Crippen LogP contribution in [0.4, 0.5) is 5.69 Å². The van der Waals surface area contributed by atoms with Gasteiger partial charge >= 0.3 is 5.97 Å². The van der Waals surface area contributed by atoms with Gasteiger partial charge in [0.15, 0.2) is 0 Å². The highest BCUT2D eigenvalue weighted by Gasteiger charge is 2.45.